The average Bonchev–Trinajstić information content (AvgIpc) is 3.31. The van der Waals surface area contributed by atoms with Crippen LogP contribution in [0.1, 0.15) is 11.3 Å². The van der Waals surface area contributed by atoms with E-state index in [2.05, 4.69) is 15.3 Å². The molecule has 0 atom stereocenters. The third-order valence-electron chi connectivity index (χ3n) is 4.92. The van der Waals surface area contributed by atoms with Crippen molar-refractivity contribution in [2.45, 2.75) is 18.5 Å². The van der Waals surface area contributed by atoms with Gasteiger partial charge in [-0.3, -0.25) is 18.7 Å². The third kappa shape index (κ3) is 4.22. The maximum Gasteiger partial charge on any atom is 0.332 e. The Bertz CT molecular complexity index is 1420. The fourth-order valence-electron chi connectivity index (χ4n) is 3.23. The number of thioether (sulfide) groups is 1. The van der Waals surface area contributed by atoms with Crippen LogP contribution in [0.3, 0.4) is 0 Å². The average molecular weight is 452 g/mol. The standard InChI is InChI=1S/C22H21N5O4S/c1-13-6-4-7-14(10-13)18-24-19-17(21(29)27(3)22(30)26(19)2)20(25-18)32-12-16(28)23-11-15-8-5-9-31-15/h4-10H,11-12H2,1-3H3,(H,23,28). The first-order chi connectivity index (χ1) is 15.3. The number of hydrogen-bond donors (Lipinski definition) is 1. The van der Waals surface area contributed by atoms with Gasteiger partial charge in [0.15, 0.2) is 11.5 Å². The van der Waals surface area contributed by atoms with Crippen molar-refractivity contribution in [1.82, 2.24) is 24.4 Å². The van der Waals surface area contributed by atoms with E-state index in [1.807, 2.05) is 31.2 Å². The number of carbonyl (C=O) groups is 1. The lowest BCUT2D eigenvalue weighted by Crippen LogP contribution is -2.37. The number of fused-ring (bicyclic) bond motifs is 1. The van der Waals surface area contributed by atoms with E-state index in [0.29, 0.717) is 16.6 Å². The molecule has 0 spiro atoms. The summed E-state index contributed by atoms with van der Waals surface area (Å²) < 4.78 is 7.54. The Balaban J connectivity index is 1.74. The molecule has 1 aromatic carbocycles. The number of nitrogens with zero attached hydrogens (tertiary/aromatic N) is 4. The zero-order valence-corrected chi connectivity index (χ0v) is 18.6. The van der Waals surface area contributed by atoms with Crippen LogP contribution in [-0.4, -0.2) is 30.8 Å². The molecule has 4 rings (SSSR count). The Morgan fingerprint density at radius 3 is 2.66 bits per heavy atom. The minimum Gasteiger partial charge on any atom is -0.467 e. The molecule has 0 fully saturated rings. The maximum atomic E-state index is 12.9. The number of aryl methyl sites for hydroxylation is 2. The Morgan fingerprint density at radius 2 is 1.94 bits per heavy atom. The zero-order chi connectivity index (χ0) is 22.8. The zero-order valence-electron chi connectivity index (χ0n) is 17.8. The number of benzene rings is 1. The van der Waals surface area contributed by atoms with E-state index in [1.165, 1.54) is 17.9 Å². The van der Waals surface area contributed by atoms with Crippen LogP contribution in [-0.2, 0) is 25.4 Å². The van der Waals surface area contributed by atoms with Crippen molar-refractivity contribution in [3.05, 3.63) is 74.8 Å². The maximum absolute atomic E-state index is 12.9. The summed E-state index contributed by atoms with van der Waals surface area (Å²) in [5, 5.41) is 3.32. The van der Waals surface area contributed by atoms with Crippen LogP contribution in [0, 0.1) is 6.92 Å². The summed E-state index contributed by atoms with van der Waals surface area (Å²) in [6, 6.07) is 11.1. The van der Waals surface area contributed by atoms with Gasteiger partial charge in [0.25, 0.3) is 5.56 Å². The first-order valence-electron chi connectivity index (χ1n) is 9.82. The molecule has 0 saturated heterocycles. The van der Waals surface area contributed by atoms with Crippen molar-refractivity contribution in [3.63, 3.8) is 0 Å². The molecule has 32 heavy (non-hydrogen) atoms. The molecular formula is C22H21N5O4S. The van der Waals surface area contributed by atoms with Gasteiger partial charge < -0.3 is 9.73 Å². The normalized spacial score (nSPS) is 11.1. The lowest BCUT2D eigenvalue weighted by atomic mass is 10.1. The van der Waals surface area contributed by atoms with Gasteiger partial charge in [0.2, 0.25) is 5.91 Å². The molecule has 4 aromatic rings. The number of hydrogen-bond acceptors (Lipinski definition) is 7. The summed E-state index contributed by atoms with van der Waals surface area (Å²) in [6.07, 6.45) is 1.54. The SMILES string of the molecule is Cc1cccc(-c2nc(SCC(=O)NCc3ccco3)c3c(=O)n(C)c(=O)n(C)c3n2)c1. The third-order valence-corrected chi connectivity index (χ3v) is 5.90. The Hall–Kier alpha value is -3.66. The second-order valence-electron chi connectivity index (χ2n) is 7.27. The number of rotatable bonds is 6. The molecule has 0 radical (unpaired) electrons. The molecule has 164 valence electrons. The second-order valence-corrected chi connectivity index (χ2v) is 8.24. The van der Waals surface area contributed by atoms with Crippen molar-refractivity contribution < 1.29 is 9.21 Å². The lowest BCUT2D eigenvalue weighted by Gasteiger charge is -2.12. The number of amides is 1. The Kier molecular flexibility index (Phi) is 5.95. The molecule has 0 bridgehead atoms. The first-order valence-corrected chi connectivity index (χ1v) is 10.8. The molecule has 3 heterocycles. The van der Waals surface area contributed by atoms with Crippen LogP contribution >= 0.6 is 11.8 Å². The quantitative estimate of drug-likeness (QED) is 0.352. The number of carbonyl (C=O) groups excluding carboxylic acids is 1. The highest BCUT2D eigenvalue weighted by Crippen LogP contribution is 2.26. The van der Waals surface area contributed by atoms with Gasteiger partial charge >= 0.3 is 5.69 Å². The molecule has 0 aliphatic heterocycles. The molecule has 9 nitrogen and oxygen atoms in total. The van der Waals surface area contributed by atoms with Crippen molar-refractivity contribution in [2.24, 2.45) is 14.1 Å². The molecule has 0 saturated carbocycles. The van der Waals surface area contributed by atoms with Gasteiger partial charge in [-0.25, -0.2) is 14.8 Å². The molecule has 0 aliphatic rings. The Labute approximate surface area is 187 Å². The van der Waals surface area contributed by atoms with Crippen LogP contribution in [0.5, 0.6) is 0 Å². The first kappa shape index (κ1) is 21.6. The van der Waals surface area contributed by atoms with Gasteiger partial charge in [-0.2, -0.15) is 0 Å². The van der Waals surface area contributed by atoms with Crippen LogP contribution in [0.15, 0.2) is 61.7 Å². The highest BCUT2D eigenvalue weighted by molar-refractivity contribution is 8.00. The van der Waals surface area contributed by atoms with Crippen molar-refractivity contribution in [3.8, 4) is 11.4 Å². The minimum absolute atomic E-state index is 0.0338. The van der Waals surface area contributed by atoms with E-state index in [0.717, 1.165) is 27.5 Å². The van der Waals surface area contributed by atoms with E-state index in [9.17, 15) is 14.4 Å². The molecule has 0 unspecified atom stereocenters. The van der Waals surface area contributed by atoms with Gasteiger partial charge in [-0.15, -0.1) is 0 Å². The van der Waals surface area contributed by atoms with Gasteiger partial charge in [-0.05, 0) is 25.1 Å². The lowest BCUT2D eigenvalue weighted by molar-refractivity contribution is -0.118. The summed E-state index contributed by atoms with van der Waals surface area (Å²) in [5.41, 5.74) is 1.02. The highest BCUT2D eigenvalue weighted by Gasteiger charge is 2.19. The monoisotopic (exact) mass is 451 g/mol. The van der Waals surface area contributed by atoms with Crippen molar-refractivity contribution in [2.75, 3.05) is 5.75 Å². The predicted molar refractivity (Wildman–Crippen MR) is 121 cm³/mol. The number of furan rings is 1. The predicted octanol–water partition coefficient (Wildman–Crippen LogP) is 2.00. The Morgan fingerprint density at radius 1 is 1.12 bits per heavy atom. The fraction of sp³-hybridized carbons (Fsp3) is 0.227. The summed E-state index contributed by atoms with van der Waals surface area (Å²) in [4.78, 5) is 46.8. The van der Waals surface area contributed by atoms with Crippen LogP contribution in [0.2, 0.25) is 0 Å². The number of aromatic nitrogens is 4. The van der Waals surface area contributed by atoms with Gasteiger partial charge in [-0.1, -0.05) is 35.5 Å². The van der Waals surface area contributed by atoms with Crippen LogP contribution in [0.25, 0.3) is 22.4 Å². The molecule has 1 amide bonds. The van der Waals surface area contributed by atoms with Gasteiger partial charge in [0, 0.05) is 19.7 Å². The molecule has 0 aliphatic carbocycles. The molecule has 1 N–H and O–H groups in total. The van der Waals surface area contributed by atoms with Crippen molar-refractivity contribution in [1.29, 1.82) is 0 Å². The van der Waals surface area contributed by atoms with Crippen LogP contribution < -0.4 is 16.6 Å². The molecule has 10 heteroatoms. The van der Waals surface area contributed by atoms with E-state index < -0.39 is 11.2 Å². The minimum atomic E-state index is -0.502. The van der Waals surface area contributed by atoms with E-state index >= 15 is 0 Å². The van der Waals surface area contributed by atoms with E-state index in [-0.39, 0.29) is 29.2 Å². The largest absolute Gasteiger partial charge is 0.467 e. The molecule has 3 aromatic heterocycles. The fourth-order valence-corrected chi connectivity index (χ4v) is 4.07. The summed E-state index contributed by atoms with van der Waals surface area (Å²) in [6.45, 7) is 2.22. The van der Waals surface area contributed by atoms with E-state index in [1.54, 1.807) is 19.2 Å². The van der Waals surface area contributed by atoms with Crippen LogP contribution in [0.4, 0.5) is 0 Å². The topological polar surface area (TPSA) is 112 Å². The van der Waals surface area contributed by atoms with Gasteiger partial charge in [0.1, 0.15) is 16.2 Å². The summed E-state index contributed by atoms with van der Waals surface area (Å²) in [5.74, 6) is 0.813. The summed E-state index contributed by atoms with van der Waals surface area (Å²) >= 11 is 1.12. The summed E-state index contributed by atoms with van der Waals surface area (Å²) in [7, 11) is 2.96. The number of nitrogens with one attached hydrogen (secondary N) is 1. The van der Waals surface area contributed by atoms with Crippen molar-refractivity contribution >= 4 is 28.7 Å². The smallest absolute Gasteiger partial charge is 0.332 e. The molecular weight excluding hydrogens is 430 g/mol. The van der Waals surface area contributed by atoms with Gasteiger partial charge in [0.05, 0.1) is 18.6 Å². The van der Waals surface area contributed by atoms with E-state index in [4.69, 9.17) is 4.42 Å². The second kappa shape index (κ2) is 8.83. The highest BCUT2D eigenvalue weighted by atomic mass is 32.2.